The summed E-state index contributed by atoms with van der Waals surface area (Å²) in [6, 6.07) is 7.04. The van der Waals surface area contributed by atoms with Crippen molar-refractivity contribution in [1.82, 2.24) is 9.88 Å². The monoisotopic (exact) mass is 244 g/mol. The smallest absolute Gasteiger partial charge is 0.0635 e. The summed E-state index contributed by atoms with van der Waals surface area (Å²) >= 11 is 0. The van der Waals surface area contributed by atoms with Gasteiger partial charge in [0, 0.05) is 37.4 Å². The number of rotatable bonds is 6. The number of nitrogens with two attached hydrogens (primary N) is 1. The summed E-state index contributed by atoms with van der Waals surface area (Å²) in [5, 5.41) is 8.79. The number of hydrogen-bond acceptors (Lipinski definition) is 4. The molecule has 1 heterocycles. The van der Waals surface area contributed by atoms with Crippen molar-refractivity contribution in [3.8, 4) is 6.07 Å². The Bertz CT molecular complexity index is 406. The van der Waals surface area contributed by atoms with Gasteiger partial charge in [0.15, 0.2) is 0 Å². The van der Waals surface area contributed by atoms with Crippen molar-refractivity contribution in [1.29, 1.82) is 5.26 Å². The number of nitriles is 1. The first-order chi connectivity index (χ1) is 8.74. The van der Waals surface area contributed by atoms with Crippen LogP contribution in [0.25, 0.3) is 0 Å². The van der Waals surface area contributed by atoms with Crippen LogP contribution in [0.5, 0.6) is 0 Å². The van der Waals surface area contributed by atoms with E-state index in [9.17, 15) is 0 Å². The molecular formula is C14H20N4. The molecule has 0 spiro atoms. The molecule has 1 aliphatic carbocycles. The molecular weight excluding hydrogens is 224 g/mol. The van der Waals surface area contributed by atoms with Crippen LogP contribution >= 0.6 is 0 Å². The summed E-state index contributed by atoms with van der Waals surface area (Å²) in [6.45, 7) is 2.82. The first-order valence-corrected chi connectivity index (χ1v) is 6.52. The molecule has 2 rings (SSSR count). The minimum absolute atomic E-state index is 0.0356. The first kappa shape index (κ1) is 13.0. The van der Waals surface area contributed by atoms with Crippen molar-refractivity contribution in [3.63, 3.8) is 0 Å². The maximum Gasteiger partial charge on any atom is 0.0635 e. The van der Waals surface area contributed by atoms with Crippen molar-refractivity contribution in [2.45, 2.75) is 44.3 Å². The van der Waals surface area contributed by atoms with Gasteiger partial charge in [0.2, 0.25) is 0 Å². The zero-order valence-corrected chi connectivity index (χ0v) is 10.8. The van der Waals surface area contributed by atoms with Gasteiger partial charge in [-0.1, -0.05) is 6.07 Å². The van der Waals surface area contributed by atoms with Gasteiger partial charge in [-0.15, -0.1) is 0 Å². The Hall–Kier alpha value is -1.44. The van der Waals surface area contributed by atoms with E-state index in [1.54, 1.807) is 6.20 Å². The average molecular weight is 244 g/mol. The second kappa shape index (κ2) is 5.94. The van der Waals surface area contributed by atoms with E-state index in [0.29, 0.717) is 12.5 Å². The molecule has 1 saturated carbocycles. The van der Waals surface area contributed by atoms with E-state index in [1.165, 1.54) is 12.8 Å². The molecule has 4 nitrogen and oxygen atoms in total. The van der Waals surface area contributed by atoms with E-state index >= 15 is 0 Å². The fourth-order valence-corrected chi connectivity index (χ4v) is 2.48. The molecule has 2 N–H and O–H groups in total. The van der Waals surface area contributed by atoms with Crippen molar-refractivity contribution < 1.29 is 0 Å². The van der Waals surface area contributed by atoms with Gasteiger partial charge in [-0.3, -0.25) is 9.88 Å². The number of pyridine rings is 1. The highest BCUT2D eigenvalue weighted by molar-refractivity contribution is 5.17. The fraction of sp³-hybridized carbons (Fsp3) is 0.571. The van der Waals surface area contributed by atoms with Crippen molar-refractivity contribution >= 4 is 0 Å². The van der Waals surface area contributed by atoms with Crippen LogP contribution in [0.15, 0.2) is 24.5 Å². The van der Waals surface area contributed by atoms with Gasteiger partial charge in [0.1, 0.15) is 0 Å². The van der Waals surface area contributed by atoms with Gasteiger partial charge in [-0.25, -0.2) is 0 Å². The molecule has 2 atom stereocenters. The maximum absolute atomic E-state index is 8.79. The summed E-state index contributed by atoms with van der Waals surface area (Å²) in [4.78, 5) is 6.56. The third-order valence-corrected chi connectivity index (χ3v) is 3.38. The Labute approximate surface area is 108 Å². The molecule has 0 saturated heterocycles. The highest BCUT2D eigenvalue weighted by Gasteiger charge is 2.35. The average Bonchev–Trinajstić information content (AvgIpc) is 3.19. The molecule has 1 aromatic heterocycles. The number of nitrogens with zero attached hydrogens (tertiary/aromatic N) is 3. The highest BCUT2D eigenvalue weighted by atomic mass is 15.2. The Kier molecular flexibility index (Phi) is 4.29. The third kappa shape index (κ3) is 3.06. The molecule has 0 aromatic carbocycles. The standard InChI is InChI=1S/C14H20N4/c1-11(16)14(12-4-2-8-17-10-12)18(9-3-7-15)13-5-6-13/h2,4,8,10-11,13-14H,3,5-6,9,16H2,1H3. The Balaban J connectivity index is 2.19. The molecule has 1 aromatic rings. The van der Waals surface area contributed by atoms with Gasteiger partial charge in [0.05, 0.1) is 12.1 Å². The molecule has 2 unspecified atom stereocenters. The zero-order valence-electron chi connectivity index (χ0n) is 10.8. The lowest BCUT2D eigenvalue weighted by molar-refractivity contribution is 0.170. The largest absolute Gasteiger partial charge is 0.326 e. The topological polar surface area (TPSA) is 65.9 Å². The van der Waals surface area contributed by atoms with E-state index in [-0.39, 0.29) is 12.1 Å². The Morgan fingerprint density at radius 2 is 2.39 bits per heavy atom. The van der Waals surface area contributed by atoms with Crippen LogP contribution in [-0.4, -0.2) is 28.5 Å². The lowest BCUT2D eigenvalue weighted by Crippen LogP contribution is -2.41. The predicted molar refractivity (Wildman–Crippen MR) is 70.6 cm³/mol. The molecule has 0 radical (unpaired) electrons. The Morgan fingerprint density at radius 1 is 1.61 bits per heavy atom. The van der Waals surface area contributed by atoms with E-state index in [4.69, 9.17) is 11.0 Å². The van der Waals surface area contributed by atoms with Gasteiger partial charge in [-0.05, 0) is 31.4 Å². The van der Waals surface area contributed by atoms with Crippen LogP contribution < -0.4 is 5.73 Å². The lowest BCUT2D eigenvalue weighted by Gasteiger charge is -2.34. The quantitative estimate of drug-likeness (QED) is 0.829. The molecule has 4 heteroatoms. The van der Waals surface area contributed by atoms with E-state index < -0.39 is 0 Å². The van der Waals surface area contributed by atoms with Crippen LogP contribution in [0.1, 0.15) is 37.8 Å². The van der Waals surface area contributed by atoms with Crippen LogP contribution in [0, 0.1) is 11.3 Å². The second-order valence-electron chi connectivity index (χ2n) is 4.97. The second-order valence-corrected chi connectivity index (χ2v) is 4.97. The van der Waals surface area contributed by atoms with Crippen LogP contribution in [-0.2, 0) is 0 Å². The van der Waals surface area contributed by atoms with Crippen LogP contribution in [0.4, 0.5) is 0 Å². The highest BCUT2D eigenvalue weighted by Crippen LogP contribution is 2.35. The molecule has 0 amide bonds. The summed E-state index contributed by atoms with van der Waals surface area (Å²) < 4.78 is 0. The lowest BCUT2D eigenvalue weighted by atomic mass is 10.0. The summed E-state index contributed by atoms with van der Waals surface area (Å²) in [6.07, 6.45) is 6.65. The molecule has 18 heavy (non-hydrogen) atoms. The van der Waals surface area contributed by atoms with Gasteiger partial charge >= 0.3 is 0 Å². The molecule has 1 fully saturated rings. The van der Waals surface area contributed by atoms with Gasteiger partial charge in [0.25, 0.3) is 0 Å². The summed E-state index contributed by atoms with van der Waals surface area (Å²) in [7, 11) is 0. The number of hydrogen-bond donors (Lipinski definition) is 1. The van der Waals surface area contributed by atoms with E-state index in [2.05, 4.69) is 22.0 Å². The van der Waals surface area contributed by atoms with Crippen LogP contribution in [0.2, 0.25) is 0 Å². The Morgan fingerprint density at radius 3 is 2.89 bits per heavy atom. The van der Waals surface area contributed by atoms with E-state index in [0.717, 1.165) is 12.1 Å². The minimum atomic E-state index is 0.0356. The van der Waals surface area contributed by atoms with Crippen molar-refractivity contribution in [3.05, 3.63) is 30.1 Å². The van der Waals surface area contributed by atoms with Gasteiger partial charge in [-0.2, -0.15) is 5.26 Å². The SMILES string of the molecule is CC(N)C(c1cccnc1)N(CCC#N)C1CC1. The van der Waals surface area contributed by atoms with Crippen molar-refractivity contribution in [2.75, 3.05) is 6.54 Å². The van der Waals surface area contributed by atoms with E-state index in [1.807, 2.05) is 19.2 Å². The predicted octanol–water partition coefficient (Wildman–Crippen LogP) is 1.85. The summed E-state index contributed by atoms with van der Waals surface area (Å²) in [5.41, 5.74) is 7.30. The fourth-order valence-electron chi connectivity index (χ4n) is 2.48. The van der Waals surface area contributed by atoms with Crippen molar-refractivity contribution in [2.24, 2.45) is 5.73 Å². The molecule has 0 aliphatic heterocycles. The first-order valence-electron chi connectivity index (χ1n) is 6.52. The molecule has 1 aliphatic rings. The zero-order chi connectivity index (χ0) is 13.0. The third-order valence-electron chi connectivity index (χ3n) is 3.38. The molecule has 0 bridgehead atoms. The summed E-state index contributed by atoms with van der Waals surface area (Å²) in [5.74, 6) is 0. The minimum Gasteiger partial charge on any atom is -0.326 e. The normalized spacial score (nSPS) is 18.3. The molecule has 96 valence electrons. The number of aromatic nitrogens is 1. The maximum atomic E-state index is 8.79. The van der Waals surface area contributed by atoms with Crippen LogP contribution in [0.3, 0.4) is 0 Å². The van der Waals surface area contributed by atoms with Gasteiger partial charge < -0.3 is 5.73 Å².